The Labute approximate surface area is 105 Å². The molecule has 2 rings (SSSR count). The summed E-state index contributed by atoms with van der Waals surface area (Å²) < 4.78 is 0. The molecule has 0 aliphatic carbocycles. The second-order valence-corrected chi connectivity index (χ2v) is 5.89. The average Bonchev–Trinajstić information content (AvgIpc) is 2.54. The lowest BCUT2D eigenvalue weighted by molar-refractivity contribution is 0.0249. The van der Waals surface area contributed by atoms with Crippen molar-refractivity contribution in [2.45, 2.75) is 58.3 Å². The first-order chi connectivity index (χ1) is 7.93. The van der Waals surface area contributed by atoms with Crippen molar-refractivity contribution in [1.82, 2.24) is 14.7 Å². The molecule has 2 atom stereocenters. The molecule has 2 fully saturated rings. The van der Waals surface area contributed by atoms with Gasteiger partial charge in [0.1, 0.15) is 0 Å². The van der Waals surface area contributed by atoms with E-state index in [4.69, 9.17) is 0 Å². The van der Waals surface area contributed by atoms with Gasteiger partial charge in [-0.05, 0) is 34.1 Å². The number of amides is 2. The van der Waals surface area contributed by atoms with Crippen LogP contribution in [-0.4, -0.2) is 65.0 Å². The van der Waals surface area contributed by atoms with Crippen LogP contribution in [-0.2, 0) is 0 Å². The highest BCUT2D eigenvalue weighted by atomic mass is 16.2. The molecule has 0 radical (unpaired) electrons. The maximum Gasteiger partial charge on any atom is 0.320 e. The van der Waals surface area contributed by atoms with E-state index < -0.39 is 0 Å². The van der Waals surface area contributed by atoms with E-state index in [1.54, 1.807) is 0 Å². The maximum atomic E-state index is 12.2. The predicted molar refractivity (Wildman–Crippen MR) is 69.0 cm³/mol. The standard InChI is InChI=1S/C13H25N3O/c1-9(2)14(5)13(17)16-8-12-11(16)6-7-15(12)10(3)4/h9-12H,6-8H2,1-5H3. The van der Waals surface area contributed by atoms with Crippen LogP contribution in [0.15, 0.2) is 0 Å². The maximum absolute atomic E-state index is 12.2. The fourth-order valence-corrected chi connectivity index (χ4v) is 2.93. The number of hydrogen-bond donors (Lipinski definition) is 0. The van der Waals surface area contributed by atoms with Crippen LogP contribution < -0.4 is 0 Å². The SMILES string of the molecule is CC(C)N(C)C(=O)N1CC2C1CCN2C(C)C. The lowest BCUT2D eigenvalue weighted by Crippen LogP contribution is -2.66. The second-order valence-electron chi connectivity index (χ2n) is 5.89. The molecule has 0 aromatic carbocycles. The summed E-state index contributed by atoms with van der Waals surface area (Å²) in [5.41, 5.74) is 0. The Morgan fingerprint density at radius 3 is 2.41 bits per heavy atom. The third-order valence-corrected chi connectivity index (χ3v) is 4.32. The minimum atomic E-state index is 0.201. The number of fused-ring (bicyclic) bond motifs is 1. The van der Waals surface area contributed by atoms with E-state index >= 15 is 0 Å². The van der Waals surface area contributed by atoms with Crippen LogP contribution in [0.5, 0.6) is 0 Å². The van der Waals surface area contributed by atoms with Crippen LogP contribution in [0.2, 0.25) is 0 Å². The number of carbonyl (C=O) groups excluding carboxylic acids is 1. The monoisotopic (exact) mass is 239 g/mol. The van der Waals surface area contributed by atoms with Crippen molar-refractivity contribution < 1.29 is 4.79 Å². The van der Waals surface area contributed by atoms with E-state index in [1.807, 2.05) is 16.8 Å². The Morgan fingerprint density at radius 2 is 1.88 bits per heavy atom. The molecule has 0 saturated carbocycles. The second kappa shape index (κ2) is 4.48. The van der Waals surface area contributed by atoms with Crippen LogP contribution in [0.25, 0.3) is 0 Å². The van der Waals surface area contributed by atoms with Gasteiger partial charge >= 0.3 is 6.03 Å². The summed E-state index contributed by atoms with van der Waals surface area (Å²) in [5.74, 6) is 0. The van der Waals surface area contributed by atoms with Gasteiger partial charge in [-0.15, -0.1) is 0 Å². The van der Waals surface area contributed by atoms with Gasteiger partial charge in [-0.1, -0.05) is 0 Å². The van der Waals surface area contributed by atoms with E-state index in [2.05, 4.69) is 32.6 Å². The first kappa shape index (κ1) is 12.7. The Bertz CT molecular complexity index is 303. The van der Waals surface area contributed by atoms with Crippen LogP contribution in [0.1, 0.15) is 34.1 Å². The first-order valence-electron chi connectivity index (χ1n) is 6.72. The van der Waals surface area contributed by atoms with Gasteiger partial charge in [0.25, 0.3) is 0 Å². The summed E-state index contributed by atoms with van der Waals surface area (Å²) in [4.78, 5) is 18.6. The lowest BCUT2D eigenvalue weighted by atomic mass is 9.97. The van der Waals surface area contributed by atoms with Crippen molar-refractivity contribution >= 4 is 6.03 Å². The number of carbonyl (C=O) groups is 1. The number of hydrogen-bond acceptors (Lipinski definition) is 2. The quantitative estimate of drug-likeness (QED) is 0.732. The van der Waals surface area contributed by atoms with Gasteiger partial charge in [0.2, 0.25) is 0 Å². The number of nitrogens with zero attached hydrogens (tertiary/aromatic N) is 3. The number of urea groups is 1. The Balaban J connectivity index is 1.95. The molecule has 2 aliphatic heterocycles. The number of rotatable bonds is 2. The summed E-state index contributed by atoms with van der Waals surface area (Å²) in [6, 6.07) is 2.16. The molecule has 2 unspecified atom stereocenters. The third kappa shape index (κ3) is 2.03. The fourth-order valence-electron chi connectivity index (χ4n) is 2.93. The lowest BCUT2D eigenvalue weighted by Gasteiger charge is -2.49. The molecule has 2 aliphatic rings. The molecule has 2 saturated heterocycles. The van der Waals surface area contributed by atoms with E-state index in [9.17, 15) is 4.79 Å². The minimum Gasteiger partial charge on any atom is -0.325 e. The molecular weight excluding hydrogens is 214 g/mol. The van der Waals surface area contributed by atoms with E-state index in [0.29, 0.717) is 18.1 Å². The fraction of sp³-hybridized carbons (Fsp3) is 0.923. The molecule has 4 nitrogen and oxygen atoms in total. The summed E-state index contributed by atoms with van der Waals surface area (Å²) >= 11 is 0. The highest BCUT2D eigenvalue weighted by Gasteiger charge is 2.50. The minimum absolute atomic E-state index is 0.201. The van der Waals surface area contributed by atoms with Crippen molar-refractivity contribution in [2.75, 3.05) is 20.1 Å². The molecule has 0 bridgehead atoms. The molecule has 0 aromatic rings. The molecule has 98 valence electrons. The van der Waals surface area contributed by atoms with Gasteiger partial charge < -0.3 is 9.80 Å². The molecular formula is C13H25N3O. The Morgan fingerprint density at radius 1 is 1.24 bits per heavy atom. The highest BCUT2D eigenvalue weighted by Crippen LogP contribution is 2.34. The molecule has 0 aromatic heterocycles. The van der Waals surface area contributed by atoms with Gasteiger partial charge in [0.05, 0.1) is 6.04 Å². The zero-order valence-electron chi connectivity index (χ0n) is 11.7. The van der Waals surface area contributed by atoms with Gasteiger partial charge in [-0.25, -0.2) is 4.79 Å². The number of likely N-dealkylation sites (tertiary alicyclic amines) is 2. The van der Waals surface area contributed by atoms with E-state index in [1.165, 1.54) is 0 Å². The summed E-state index contributed by atoms with van der Waals surface area (Å²) in [5, 5.41) is 0. The van der Waals surface area contributed by atoms with E-state index in [-0.39, 0.29) is 12.1 Å². The zero-order valence-corrected chi connectivity index (χ0v) is 11.7. The van der Waals surface area contributed by atoms with E-state index in [0.717, 1.165) is 19.5 Å². The Kier molecular flexibility index (Phi) is 3.34. The topological polar surface area (TPSA) is 26.8 Å². The van der Waals surface area contributed by atoms with Crippen LogP contribution >= 0.6 is 0 Å². The summed E-state index contributed by atoms with van der Waals surface area (Å²) in [6.45, 7) is 10.7. The summed E-state index contributed by atoms with van der Waals surface area (Å²) in [6.07, 6.45) is 1.14. The zero-order chi connectivity index (χ0) is 12.7. The third-order valence-electron chi connectivity index (χ3n) is 4.32. The predicted octanol–water partition coefficient (Wildman–Crippen LogP) is 1.61. The molecule has 0 N–H and O–H groups in total. The largest absolute Gasteiger partial charge is 0.325 e. The normalized spacial score (nSPS) is 28.5. The van der Waals surface area contributed by atoms with Gasteiger partial charge in [0, 0.05) is 38.3 Å². The van der Waals surface area contributed by atoms with Crippen molar-refractivity contribution in [3.8, 4) is 0 Å². The molecule has 2 heterocycles. The molecule has 17 heavy (non-hydrogen) atoms. The summed E-state index contributed by atoms with van der Waals surface area (Å²) in [7, 11) is 1.90. The van der Waals surface area contributed by atoms with Gasteiger partial charge in [-0.3, -0.25) is 4.90 Å². The molecule has 2 amide bonds. The van der Waals surface area contributed by atoms with Crippen LogP contribution in [0, 0.1) is 0 Å². The first-order valence-corrected chi connectivity index (χ1v) is 6.72. The molecule has 4 heteroatoms. The van der Waals surface area contributed by atoms with Crippen molar-refractivity contribution in [3.63, 3.8) is 0 Å². The Hall–Kier alpha value is -0.770. The van der Waals surface area contributed by atoms with Crippen LogP contribution in [0.3, 0.4) is 0 Å². The van der Waals surface area contributed by atoms with Gasteiger partial charge in [0.15, 0.2) is 0 Å². The van der Waals surface area contributed by atoms with Crippen LogP contribution in [0.4, 0.5) is 4.79 Å². The van der Waals surface area contributed by atoms with Gasteiger partial charge in [-0.2, -0.15) is 0 Å². The van der Waals surface area contributed by atoms with Crippen molar-refractivity contribution in [1.29, 1.82) is 0 Å². The smallest absolute Gasteiger partial charge is 0.320 e. The highest BCUT2D eigenvalue weighted by molar-refractivity contribution is 5.76. The average molecular weight is 239 g/mol. The van der Waals surface area contributed by atoms with Crippen molar-refractivity contribution in [2.24, 2.45) is 0 Å². The van der Waals surface area contributed by atoms with Crippen molar-refractivity contribution in [3.05, 3.63) is 0 Å². The molecule has 0 spiro atoms.